The van der Waals surface area contributed by atoms with E-state index in [1.807, 2.05) is 29.2 Å². The average Bonchev–Trinajstić information content (AvgIpc) is 3.21. The van der Waals surface area contributed by atoms with Crippen LogP contribution in [-0.4, -0.2) is 44.4 Å². The fraction of sp³-hybridized carbons (Fsp3) is 0.348. The summed E-state index contributed by atoms with van der Waals surface area (Å²) in [6, 6.07) is 12.3. The lowest BCUT2D eigenvalue weighted by Crippen LogP contribution is -2.38. The van der Waals surface area contributed by atoms with E-state index in [9.17, 15) is 18.0 Å². The molecule has 2 heterocycles. The third-order valence-electron chi connectivity index (χ3n) is 5.64. The van der Waals surface area contributed by atoms with Crippen LogP contribution in [0, 0.1) is 5.92 Å². The number of aromatic nitrogens is 3. The van der Waals surface area contributed by atoms with Crippen molar-refractivity contribution >= 4 is 33.6 Å². The minimum atomic E-state index is -4.48. The normalized spacial score (nSPS) is 15.1. The van der Waals surface area contributed by atoms with E-state index in [4.69, 9.17) is 0 Å². The quantitative estimate of drug-likeness (QED) is 0.370. The fourth-order valence-electron chi connectivity index (χ4n) is 3.71. The molecule has 4 rings (SSSR count). The minimum Gasteiger partial charge on any atom is -0.342 e. The second-order valence-electron chi connectivity index (χ2n) is 8.02. The molecule has 0 radical (unpaired) electrons. The Balaban J connectivity index is 1.68. The number of alkyl halides is 3. The average molecular weight is 539 g/mol. The van der Waals surface area contributed by atoms with Crippen molar-refractivity contribution in [2.75, 3.05) is 18.8 Å². The predicted molar refractivity (Wildman–Crippen MR) is 125 cm³/mol. The topological polar surface area (TPSA) is 51.0 Å². The highest BCUT2D eigenvalue weighted by Crippen LogP contribution is 2.35. The molecular weight excluding hydrogens is 517 g/mol. The smallest absolute Gasteiger partial charge is 0.342 e. The highest BCUT2D eigenvalue weighted by molar-refractivity contribution is 9.10. The molecule has 0 aliphatic carbocycles. The molecule has 174 valence electrons. The summed E-state index contributed by atoms with van der Waals surface area (Å²) < 4.78 is 42.5. The summed E-state index contributed by atoms with van der Waals surface area (Å²) in [7, 11) is 0. The Morgan fingerprint density at radius 3 is 2.55 bits per heavy atom. The number of hydrogen-bond donors (Lipinski definition) is 0. The van der Waals surface area contributed by atoms with Gasteiger partial charge < -0.3 is 4.90 Å². The van der Waals surface area contributed by atoms with Gasteiger partial charge in [-0.1, -0.05) is 58.9 Å². The molecular formula is C23H22BrF3N4OS. The Bertz CT molecular complexity index is 1140. The maximum Gasteiger partial charge on any atom is 0.416 e. The second-order valence-corrected chi connectivity index (χ2v) is 9.82. The number of rotatable bonds is 5. The largest absolute Gasteiger partial charge is 0.416 e. The zero-order valence-corrected chi connectivity index (χ0v) is 20.3. The SMILES string of the molecule is CC1CCN(C(=O)CSc2nnc(-c3ccccc3Br)n2-c2cccc(C(F)(F)F)c2)CC1. The first-order valence-electron chi connectivity index (χ1n) is 10.5. The molecule has 3 aromatic rings. The van der Waals surface area contributed by atoms with Crippen LogP contribution in [0.4, 0.5) is 13.2 Å². The standard InChI is InChI=1S/C23H22BrF3N4OS/c1-15-9-11-30(12-10-15)20(32)14-33-22-29-28-21(18-7-2-3-8-19(18)24)31(22)17-6-4-5-16(13-17)23(25,26)27/h2-8,13,15H,9-12,14H2,1H3. The summed E-state index contributed by atoms with van der Waals surface area (Å²) in [6.45, 7) is 3.63. The zero-order valence-electron chi connectivity index (χ0n) is 17.8. The number of hydrogen-bond acceptors (Lipinski definition) is 4. The van der Waals surface area contributed by atoms with Gasteiger partial charge in [-0.05, 0) is 43.0 Å². The van der Waals surface area contributed by atoms with Crippen LogP contribution in [0.3, 0.4) is 0 Å². The predicted octanol–water partition coefficient (Wildman–Crippen LogP) is 6.07. The Morgan fingerprint density at radius 1 is 1.12 bits per heavy atom. The molecule has 0 bridgehead atoms. The van der Waals surface area contributed by atoms with Crippen LogP contribution in [0.5, 0.6) is 0 Å². The second kappa shape index (κ2) is 9.89. The van der Waals surface area contributed by atoms with Gasteiger partial charge in [0.2, 0.25) is 5.91 Å². The number of carbonyl (C=O) groups is 1. The third kappa shape index (κ3) is 5.43. The summed E-state index contributed by atoms with van der Waals surface area (Å²) in [5.74, 6) is 1.13. The molecule has 1 amide bonds. The summed E-state index contributed by atoms with van der Waals surface area (Å²) in [5.41, 5.74) is 0.203. The molecule has 5 nitrogen and oxygen atoms in total. The molecule has 0 N–H and O–H groups in total. The number of carbonyl (C=O) groups excluding carboxylic acids is 1. The van der Waals surface area contributed by atoms with E-state index in [1.165, 1.54) is 17.8 Å². The molecule has 0 atom stereocenters. The maximum absolute atomic E-state index is 13.4. The van der Waals surface area contributed by atoms with Gasteiger partial charge in [-0.25, -0.2) is 0 Å². The van der Waals surface area contributed by atoms with Crippen LogP contribution in [0.25, 0.3) is 17.1 Å². The van der Waals surface area contributed by atoms with Crippen LogP contribution in [0.15, 0.2) is 58.2 Å². The van der Waals surface area contributed by atoms with Crippen molar-refractivity contribution in [3.63, 3.8) is 0 Å². The van der Waals surface area contributed by atoms with Gasteiger partial charge in [0.25, 0.3) is 0 Å². The molecule has 2 aromatic carbocycles. The Labute approximate surface area is 202 Å². The van der Waals surface area contributed by atoms with Gasteiger partial charge in [0.1, 0.15) is 0 Å². The van der Waals surface area contributed by atoms with Crippen molar-refractivity contribution in [2.24, 2.45) is 5.92 Å². The third-order valence-corrected chi connectivity index (χ3v) is 7.25. The van der Waals surface area contributed by atoms with Crippen molar-refractivity contribution in [2.45, 2.75) is 31.1 Å². The Hall–Kier alpha value is -2.33. The minimum absolute atomic E-state index is 0.00654. The van der Waals surface area contributed by atoms with Gasteiger partial charge >= 0.3 is 6.18 Å². The van der Waals surface area contributed by atoms with Crippen molar-refractivity contribution < 1.29 is 18.0 Å². The summed E-state index contributed by atoms with van der Waals surface area (Å²) in [6.07, 6.45) is -2.53. The van der Waals surface area contributed by atoms with E-state index >= 15 is 0 Å². The van der Waals surface area contributed by atoms with Crippen molar-refractivity contribution in [1.82, 2.24) is 19.7 Å². The number of benzene rings is 2. The molecule has 10 heteroatoms. The zero-order chi connectivity index (χ0) is 23.6. The van der Waals surface area contributed by atoms with E-state index in [0.717, 1.165) is 42.5 Å². The van der Waals surface area contributed by atoms with E-state index in [2.05, 4.69) is 33.1 Å². The number of thioether (sulfide) groups is 1. The first-order chi connectivity index (χ1) is 15.7. The number of piperidine rings is 1. The monoisotopic (exact) mass is 538 g/mol. The van der Waals surface area contributed by atoms with Crippen LogP contribution >= 0.6 is 27.7 Å². The number of amides is 1. The Morgan fingerprint density at radius 2 is 1.85 bits per heavy atom. The van der Waals surface area contributed by atoms with Gasteiger partial charge in [0.05, 0.1) is 17.0 Å². The lowest BCUT2D eigenvalue weighted by molar-refractivity contribution is -0.137. The van der Waals surface area contributed by atoms with Crippen LogP contribution in [-0.2, 0) is 11.0 Å². The highest BCUT2D eigenvalue weighted by Gasteiger charge is 2.31. The van der Waals surface area contributed by atoms with Gasteiger partial charge in [0, 0.05) is 23.1 Å². The molecule has 1 aliphatic rings. The first-order valence-corrected chi connectivity index (χ1v) is 12.3. The maximum atomic E-state index is 13.4. The van der Waals surface area contributed by atoms with Gasteiger partial charge in [-0.3, -0.25) is 9.36 Å². The summed E-state index contributed by atoms with van der Waals surface area (Å²) in [5, 5.41) is 8.87. The van der Waals surface area contributed by atoms with Crippen LogP contribution in [0.2, 0.25) is 0 Å². The van der Waals surface area contributed by atoms with Crippen molar-refractivity contribution in [3.05, 3.63) is 58.6 Å². The number of halogens is 4. The van der Waals surface area contributed by atoms with Crippen molar-refractivity contribution in [3.8, 4) is 17.1 Å². The van der Waals surface area contributed by atoms with E-state index in [-0.39, 0.29) is 17.3 Å². The molecule has 33 heavy (non-hydrogen) atoms. The molecule has 1 fully saturated rings. The Kier molecular flexibility index (Phi) is 7.13. The lowest BCUT2D eigenvalue weighted by atomic mass is 9.99. The first kappa shape index (κ1) is 23.8. The molecule has 0 saturated carbocycles. The van der Waals surface area contributed by atoms with Crippen molar-refractivity contribution in [1.29, 1.82) is 0 Å². The van der Waals surface area contributed by atoms with Gasteiger partial charge in [-0.15, -0.1) is 10.2 Å². The van der Waals surface area contributed by atoms with E-state index < -0.39 is 11.7 Å². The molecule has 1 aliphatic heterocycles. The molecule has 1 aromatic heterocycles. The fourth-order valence-corrected chi connectivity index (χ4v) is 5.03. The molecule has 0 unspecified atom stereocenters. The van der Waals surface area contributed by atoms with E-state index in [1.54, 1.807) is 10.6 Å². The number of likely N-dealkylation sites (tertiary alicyclic amines) is 1. The van der Waals surface area contributed by atoms with Gasteiger partial charge in [0.15, 0.2) is 11.0 Å². The van der Waals surface area contributed by atoms with Crippen LogP contribution < -0.4 is 0 Å². The lowest BCUT2D eigenvalue weighted by Gasteiger charge is -2.30. The van der Waals surface area contributed by atoms with Crippen LogP contribution in [0.1, 0.15) is 25.3 Å². The highest BCUT2D eigenvalue weighted by atomic mass is 79.9. The molecule has 1 saturated heterocycles. The van der Waals surface area contributed by atoms with Gasteiger partial charge in [-0.2, -0.15) is 13.2 Å². The van der Waals surface area contributed by atoms with E-state index in [0.29, 0.717) is 22.5 Å². The summed E-state index contributed by atoms with van der Waals surface area (Å²) in [4.78, 5) is 14.6. The molecule has 0 spiro atoms. The number of nitrogens with zero attached hydrogens (tertiary/aromatic N) is 4. The summed E-state index contributed by atoms with van der Waals surface area (Å²) >= 11 is 4.67.